The predicted molar refractivity (Wildman–Crippen MR) is 88.8 cm³/mol. The first kappa shape index (κ1) is 15.6. The number of nitrogens with zero attached hydrogens (tertiary/aromatic N) is 3. The molecular weight excluding hydrogens is 316 g/mol. The maximum atomic E-state index is 12.3. The number of carbonyl (C=O) groups excluding carboxylic acids is 2. The molecule has 0 bridgehead atoms. The summed E-state index contributed by atoms with van der Waals surface area (Å²) >= 11 is 6.12. The third kappa shape index (κ3) is 3.22. The smallest absolute Gasteiger partial charge is 0.244 e. The van der Waals surface area contributed by atoms with E-state index in [0.29, 0.717) is 29.5 Å². The van der Waals surface area contributed by atoms with E-state index < -0.39 is 0 Å². The normalized spacial score (nSPS) is 13.9. The number of benzene rings is 1. The molecule has 6 nitrogen and oxygen atoms in total. The maximum Gasteiger partial charge on any atom is 0.244 e. The molecule has 0 atom stereocenters. The van der Waals surface area contributed by atoms with E-state index in [9.17, 15) is 9.59 Å². The maximum absolute atomic E-state index is 12.3. The molecule has 1 aromatic heterocycles. The zero-order valence-corrected chi connectivity index (χ0v) is 13.7. The lowest BCUT2D eigenvalue weighted by Crippen LogP contribution is -2.42. The van der Waals surface area contributed by atoms with Gasteiger partial charge in [0.15, 0.2) is 0 Å². The fourth-order valence-electron chi connectivity index (χ4n) is 2.60. The molecule has 0 spiro atoms. The van der Waals surface area contributed by atoms with Crippen LogP contribution in [0, 0.1) is 13.8 Å². The highest BCUT2D eigenvalue weighted by Crippen LogP contribution is 2.24. The van der Waals surface area contributed by atoms with Crippen molar-refractivity contribution < 1.29 is 9.59 Å². The molecule has 7 heteroatoms. The minimum Gasteiger partial charge on any atom is -0.323 e. The molecule has 3 rings (SSSR count). The first-order valence-corrected chi connectivity index (χ1v) is 7.72. The summed E-state index contributed by atoms with van der Waals surface area (Å²) in [6, 6.07) is 7.21. The van der Waals surface area contributed by atoms with Crippen LogP contribution in [-0.2, 0) is 16.1 Å². The lowest BCUT2D eigenvalue weighted by atomic mass is 10.2. The van der Waals surface area contributed by atoms with Gasteiger partial charge >= 0.3 is 0 Å². The fourth-order valence-corrected chi connectivity index (χ4v) is 2.88. The highest BCUT2D eigenvalue weighted by atomic mass is 35.5. The van der Waals surface area contributed by atoms with E-state index in [4.69, 9.17) is 11.6 Å². The molecule has 120 valence electrons. The van der Waals surface area contributed by atoms with Crippen molar-refractivity contribution in [2.75, 3.05) is 16.8 Å². The third-order valence-electron chi connectivity index (χ3n) is 3.70. The van der Waals surface area contributed by atoms with Gasteiger partial charge in [-0.25, -0.2) is 4.68 Å². The summed E-state index contributed by atoms with van der Waals surface area (Å²) < 4.78 is 1.75. The van der Waals surface area contributed by atoms with Gasteiger partial charge in [0.25, 0.3) is 0 Å². The van der Waals surface area contributed by atoms with E-state index in [1.807, 2.05) is 26.0 Å². The van der Waals surface area contributed by atoms with E-state index in [1.54, 1.807) is 16.8 Å². The summed E-state index contributed by atoms with van der Waals surface area (Å²) in [6.07, 6.45) is 0.340. The van der Waals surface area contributed by atoms with Gasteiger partial charge in [-0.15, -0.1) is 0 Å². The van der Waals surface area contributed by atoms with E-state index in [0.717, 1.165) is 11.3 Å². The van der Waals surface area contributed by atoms with Crippen molar-refractivity contribution in [2.24, 2.45) is 0 Å². The summed E-state index contributed by atoms with van der Waals surface area (Å²) in [5.41, 5.74) is 2.37. The molecule has 0 fully saturated rings. The summed E-state index contributed by atoms with van der Waals surface area (Å²) in [6.45, 7) is 4.27. The summed E-state index contributed by atoms with van der Waals surface area (Å²) in [7, 11) is 0. The Morgan fingerprint density at radius 2 is 2.13 bits per heavy atom. The van der Waals surface area contributed by atoms with Crippen LogP contribution in [0.3, 0.4) is 0 Å². The zero-order valence-electron chi connectivity index (χ0n) is 13.0. The van der Waals surface area contributed by atoms with Crippen molar-refractivity contribution >= 4 is 34.9 Å². The number of fused-ring (bicyclic) bond motifs is 1. The number of carbonyl (C=O) groups is 2. The molecule has 0 aliphatic carbocycles. The first-order chi connectivity index (χ1) is 10.9. The lowest BCUT2D eigenvalue weighted by molar-refractivity contribution is -0.122. The molecule has 1 N–H and O–H groups in total. The Labute approximate surface area is 139 Å². The van der Waals surface area contributed by atoms with Gasteiger partial charge in [0.05, 0.1) is 22.9 Å². The van der Waals surface area contributed by atoms with Crippen LogP contribution in [0.15, 0.2) is 24.3 Å². The number of amides is 2. The lowest BCUT2D eigenvalue weighted by Gasteiger charge is -2.27. The van der Waals surface area contributed by atoms with E-state index in [-0.39, 0.29) is 18.4 Å². The molecule has 2 heterocycles. The molecule has 1 aliphatic rings. The van der Waals surface area contributed by atoms with Crippen LogP contribution >= 0.6 is 11.6 Å². The van der Waals surface area contributed by atoms with Gasteiger partial charge in [0, 0.05) is 12.5 Å². The number of halogens is 1. The van der Waals surface area contributed by atoms with Crippen LogP contribution in [0.4, 0.5) is 11.5 Å². The monoisotopic (exact) mass is 332 g/mol. The molecule has 1 aromatic carbocycles. The van der Waals surface area contributed by atoms with Crippen molar-refractivity contribution in [2.45, 2.75) is 26.8 Å². The number of nitrogens with one attached hydrogen (secondary N) is 1. The summed E-state index contributed by atoms with van der Waals surface area (Å²) in [4.78, 5) is 25.9. The minimum atomic E-state index is -0.295. The van der Waals surface area contributed by atoms with Crippen LogP contribution < -0.4 is 10.2 Å². The van der Waals surface area contributed by atoms with Crippen LogP contribution in [0.1, 0.15) is 17.7 Å². The second kappa shape index (κ2) is 6.04. The molecule has 0 saturated heterocycles. The predicted octanol–water partition coefficient (Wildman–Crippen LogP) is 2.53. The van der Waals surface area contributed by atoms with Crippen LogP contribution in [0.2, 0.25) is 5.02 Å². The van der Waals surface area contributed by atoms with Gasteiger partial charge in [-0.1, -0.05) is 17.7 Å². The van der Waals surface area contributed by atoms with Crippen LogP contribution in [0.5, 0.6) is 0 Å². The van der Waals surface area contributed by atoms with E-state index in [2.05, 4.69) is 10.4 Å². The Kier molecular flexibility index (Phi) is 4.09. The summed E-state index contributed by atoms with van der Waals surface area (Å²) in [5.74, 6) is 0.280. The average Bonchev–Trinajstić information content (AvgIpc) is 2.86. The third-order valence-corrected chi connectivity index (χ3v) is 4.01. The standard InChI is InChI=1S/C16H17ClN4O2/c1-10-3-4-13(12(17)7-10)18-14(22)9-20-15-8-11(2)19-21(15)6-5-16(20)23/h3-4,7-8H,5-6,9H2,1-2H3,(H,18,22). The molecule has 0 unspecified atom stereocenters. The van der Waals surface area contributed by atoms with E-state index >= 15 is 0 Å². The number of hydrogen-bond donors (Lipinski definition) is 1. The highest BCUT2D eigenvalue weighted by molar-refractivity contribution is 6.33. The Morgan fingerprint density at radius 3 is 2.87 bits per heavy atom. The average molecular weight is 333 g/mol. The van der Waals surface area contributed by atoms with Gasteiger partial charge < -0.3 is 5.32 Å². The molecular formula is C16H17ClN4O2. The molecule has 2 aromatic rings. The second-order valence-electron chi connectivity index (χ2n) is 5.63. The van der Waals surface area contributed by atoms with Gasteiger partial charge in [-0.05, 0) is 31.5 Å². The van der Waals surface area contributed by atoms with Crippen molar-refractivity contribution in [3.05, 3.63) is 40.5 Å². The molecule has 23 heavy (non-hydrogen) atoms. The number of hydrogen-bond acceptors (Lipinski definition) is 3. The Hall–Kier alpha value is -2.34. The molecule has 0 saturated carbocycles. The van der Waals surface area contributed by atoms with Gasteiger partial charge in [0.2, 0.25) is 11.8 Å². The van der Waals surface area contributed by atoms with Crippen molar-refractivity contribution in [3.8, 4) is 0 Å². The van der Waals surface area contributed by atoms with Crippen LogP contribution in [0.25, 0.3) is 0 Å². The highest BCUT2D eigenvalue weighted by Gasteiger charge is 2.27. The largest absolute Gasteiger partial charge is 0.323 e. The van der Waals surface area contributed by atoms with Gasteiger partial charge in [-0.2, -0.15) is 5.10 Å². The molecule has 0 radical (unpaired) electrons. The quantitative estimate of drug-likeness (QED) is 0.939. The topological polar surface area (TPSA) is 67.2 Å². The molecule has 2 amide bonds. The Bertz CT molecular complexity index is 784. The molecule has 1 aliphatic heterocycles. The summed E-state index contributed by atoms with van der Waals surface area (Å²) in [5, 5.41) is 7.55. The van der Waals surface area contributed by atoms with Crippen molar-refractivity contribution in [1.82, 2.24) is 9.78 Å². The number of rotatable bonds is 3. The fraction of sp³-hybridized carbons (Fsp3) is 0.312. The van der Waals surface area contributed by atoms with Crippen molar-refractivity contribution in [1.29, 1.82) is 0 Å². The van der Waals surface area contributed by atoms with Crippen LogP contribution in [-0.4, -0.2) is 28.1 Å². The minimum absolute atomic E-state index is 0.0613. The SMILES string of the molecule is Cc1ccc(NC(=O)CN2C(=O)CCn3nc(C)cc32)c(Cl)c1. The number of aryl methyl sites for hydroxylation is 3. The number of aromatic nitrogens is 2. The van der Waals surface area contributed by atoms with Crippen molar-refractivity contribution in [3.63, 3.8) is 0 Å². The van der Waals surface area contributed by atoms with E-state index in [1.165, 1.54) is 4.90 Å². The van der Waals surface area contributed by atoms with Gasteiger partial charge in [0.1, 0.15) is 12.4 Å². The first-order valence-electron chi connectivity index (χ1n) is 7.35. The number of anilines is 2. The Balaban J connectivity index is 1.76. The zero-order chi connectivity index (χ0) is 16.6. The van der Waals surface area contributed by atoms with Gasteiger partial charge in [-0.3, -0.25) is 14.5 Å². The second-order valence-corrected chi connectivity index (χ2v) is 6.04. The Morgan fingerprint density at radius 1 is 1.35 bits per heavy atom.